The number of para-hydroxylation sites is 1. The number of aryl methyl sites for hydroxylation is 1. The van der Waals surface area contributed by atoms with Gasteiger partial charge in [-0.3, -0.25) is 9.10 Å². The second-order valence-electron chi connectivity index (χ2n) is 6.34. The lowest BCUT2D eigenvalue weighted by Gasteiger charge is -2.30. The van der Waals surface area contributed by atoms with Crippen molar-refractivity contribution < 1.29 is 17.6 Å². The van der Waals surface area contributed by atoms with E-state index in [1.165, 1.54) is 16.4 Å². The van der Waals surface area contributed by atoms with Gasteiger partial charge >= 0.3 is 0 Å². The first-order valence-corrected chi connectivity index (χ1v) is 10.7. The zero-order chi connectivity index (χ0) is 19.9. The first-order valence-electron chi connectivity index (χ1n) is 8.89. The van der Waals surface area contributed by atoms with Crippen LogP contribution in [0.25, 0.3) is 0 Å². The van der Waals surface area contributed by atoms with E-state index < -0.39 is 16.1 Å². The summed E-state index contributed by atoms with van der Waals surface area (Å²) in [7, 11) is -3.61. The van der Waals surface area contributed by atoms with Crippen LogP contribution in [0.4, 0.5) is 10.1 Å². The van der Waals surface area contributed by atoms with Crippen LogP contribution in [0, 0.1) is 5.82 Å². The summed E-state index contributed by atoms with van der Waals surface area (Å²) in [5.41, 5.74) is 1.45. The highest BCUT2D eigenvalue weighted by Crippen LogP contribution is 2.22. The quantitative estimate of drug-likeness (QED) is 0.667. The number of amides is 1. The number of nitrogens with zero attached hydrogens (tertiary/aromatic N) is 1. The van der Waals surface area contributed by atoms with E-state index in [-0.39, 0.29) is 11.7 Å². The van der Waals surface area contributed by atoms with Gasteiger partial charge in [0, 0.05) is 6.54 Å². The summed E-state index contributed by atoms with van der Waals surface area (Å²) in [5, 5.41) is 2.82. The van der Waals surface area contributed by atoms with E-state index in [4.69, 9.17) is 0 Å². The van der Waals surface area contributed by atoms with Crippen molar-refractivity contribution in [1.82, 2.24) is 5.32 Å². The third-order valence-corrected chi connectivity index (χ3v) is 5.38. The molecule has 0 saturated carbocycles. The van der Waals surface area contributed by atoms with Crippen molar-refractivity contribution in [3.8, 4) is 0 Å². The monoisotopic (exact) mass is 392 g/mol. The molecule has 0 unspecified atom stereocenters. The lowest BCUT2D eigenvalue weighted by Crippen LogP contribution is -2.49. The van der Waals surface area contributed by atoms with Gasteiger partial charge in [0.1, 0.15) is 11.9 Å². The van der Waals surface area contributed by atoms with E-state index in [9.17, 15) is 17.6 Å². The maximum Gasteiger partial charge on any atom is 0.243 e. The van der Waals surface area contributed by atoms with Gasteiger partial charge in [-0.25, -0.2) is 12.8 Å². The van der Waals surface area contributed by atoms with Crippen LogP contribution in [0.1, 0.15) is 25.3 Å². The topological polar surface area (TPSA) is 66.5 Å². The molecule has 2 aromatic rings. The summed E-state index contributed by atoms with van der Waals surface area (Å²) in [6, 6.07) is 14.0. The van der Waals surface area contributed by atoms with E-state index in [1.54, 1.807) is 49.4 Å². The molecule has 27 heavy (non-hydrogen) atoms. The second kappa shape index (κ2) is 9.50. The summed E-state index contributed by atoms with van der Waals surface area (Å²) < 4.78 is 38.7. The van der Waals surface area contributed by atoms with E-state index in [1.807, 2.05) is 0 Å². The molecule has 0 aromatic heterocycles. The smallest absolute Gasteiger partial charge is 0.243 e. The molecule has 1 atom stereocenters. The van der Waals surface area contributed by atoms with Gasteiger partial charge in [-0.1, -0.05) is 37.3 Å². The first-order chi connectivity index (χ1) is 12.8. The van der Waals surface area contributed by atoms with Crippen LogP contribution in [-0.4, -0.2) is 33.2 Å². The minimum atomic E-state index is -3.61. The number of carbonyl (C=O) groups excluding carboxylic acids is 1. The number of anilines is 1. The fourth-order valence-electron chi connectivity index (χ4n) is 2.91. The largest absolute Gasteiger partial charge is 0.354 e. The number of sulfonamides is 1. The van der Waals surface area contributed by atoms with Crippen LogP contribution in [0.15, 0.2) is 54.6 Å². The molecule has 0 heterocycles. The van der Waals surface area contributed by atoms with Gasteiger partial charge in [-0.15, -0.1) is 0 Å². The van der Waals surface area contributed by atoms with Crippen molar-refractivity contribution in [1.29, 1.82) is 0 Å². The van der Waals surface area contributed by atoms with Gasteiger partial charge in [0.15, 0.2) is 0 Å². The second-order valence-corrected chi connectivity index (χ2v) is 8.20. The number of carbonyl (C=O) groups is 1. The van der Waals surface area contributed by atoms with E-state index >= 15 is 0 Å². The molecule has 146 valence electrons. The third kappa shape index (κ3) is 6.06. The molecule has 7 heteroatoms. The first kappa shape index (κ1) is 20.9. The SMILES string of the molecule is CC[C@H](C(=O)NCCCc1ccc(F)cc1)N(c1ccccc1)S(C)(=O)=O. The van der Waals surface area contributed by atoms with Gasteiger partial charge in [0.25, 0.3) is 0 Å². The Kier molecular flexibility index (Phi) is 7.36. The molecule has 0 aliphatic heterocycles. The zero-order valence-electron chi connectivity index (χ0n) is 15.6. The zero-order valence-corrected chi connectivity index (χ0v) is 16.4. The van der Waals surface area contributed by atoms with Crippen LogP contribution < -0.4 is 9.62 Å². The molecule has 1 amide bonds. The van der Waals surface area contributed by atoms with Crippen molar-refractivity contribution in [2.24, 2.45) is 0 Å². The van der Waals surface area contributed by atoms with E-state index in [0.29, 0.717) is 31.5 Å². The molecule has 0 aliphatic carbocycles. The van der Waals surface area contributed by atoms with Crippen molar-refractivity contribution >= 4 is 21.6 Å². The Bertz CT molecular complexity index is 839. The lowest BCUT2D eigenvalue weighted by atomic mass is 10.1. The highest BCUT2D eigenvalue weighted by Gasteiger charge is 2.31. The summed E-state index contributed by atoms with van der Waals surface area (Å²) in [6.45, 7) is 2.20. The molecule has 1 N–H and O–H groups in total. The fourth-order valence-corrected chi connectivity index (χ4v) is 4.12. The molecule has 0 aliphatic rings. The minimum Gasteiger partial charge on any atom is -0.354 e. The van der Waals surface area contributed by atoms with Gasteiger partial charge in [-0.05, 0) is 49.1 Å². The highest BCUT2D eigenvalue weighted by atomic mass is 32.2. The number of hydrogen-bond acceptors (Lipinski definition) is 3. The minimum absolute atomic E-state index is 0.278. The molecule has 0 bridgehead atoms. The standard InChI is InChI=1S/C20H25FN2O3S/c1-3-19(23(27(2,25)26)18-9-5-4-6-10-18)20(24)22-15-7-8-16-11-13-17(21)14-12-16/h4-6,9-14,19H,3,7-8,15H2,1-2H3,(H,22,24)/t19-/m1/s1. The van der Waals surface area contributed by atoms with Crippen LogP contribution >= 0.6 is 0 Å². The molecule has 0 spiro atoms. The number of halogens is 1. The Balaban J connectivity index is 1.99. The predicted molar refractivity (Wildman–Crippen MR) is 106 cm³/mol. The van der Waals surface area contributed by atoms with Gasteiger partial charge < -0.3 is 5.32 Å². The van der Waals surface area contributed by atoms with Crippen LogP contribution in [0.2, 0.25) is 0 Å². The summed E-state index contributed by atoms with van der Waals surface area (Å²) in [6.07, 6.45) is 2.83. The number of rotatable bonds is 9. The van der Waals surface area contributed by atoms with Gasteiger partial charge in [0.2, 0.25) is 15.9 Å². The Hall–Kier alpha value is -2.41. The van der Waals surface area contributed by atoms with E-state index in [0.717, 1.165) is 11.8 Å². The molecule has 2 aromatic carbocycles. The maximum atomic E-state index is 12.9. The molecule has 0 fully saturated rings. The lowest BCUT2D eigenvalue weighted by molar-refractivity contribution is -0.122. The maximum absolute atomic E-state index is 12.9. The number of hydrogen-bond donors (Lipinski definition) is 1. The van der Waals surface area contributed by atoms with Crippen molar-refractivity contribution in [3.05, 3.63) is 66.0 Å². The summed E-state index contributed by atoms with van der Waals surface area (Å²) in [4.78, 5) is 12.6. The number of benzene rings is 2. The van der Waals surface area contributed by atoms with E-state index in [2.05, 4.69) is 5.32 Å². The average Bonchev–Trinajstić information content (AvgIpc) is 2.64. The van der Waals surface area contributed by atoms with Gasteiger partial charge in [0.05, 0.1) is 11.9 Å². The molecule has 2 rings (SSSR count). The van der Waals surface area contributed by atoms with Gasteiger partial charge in [-0.2, -0.15) is 0 Å². The van der Waals surface area contributed by atoms with Crippen LogP contribution in [0.3, 0.4) is 0 Å². The van der Waals surface area contributed by atoms with Crippen molar-refractivity contribution in [2.45, 2.75) is 32.2 Å². The Morgan fingerprint density at radius 1 is 1.11 bits per heavy atom. The molecular formula is C20H25FN2O3S. The molecular weight excluding hydrogens is 367 g/mol. The Morgan fingerprint density at radius 2 is 1.74 bits per heavy atom. The average molecular weight is 392 g/mol. The third-order valence-electron chi connectivity index (χ3n) is 4.20. The molecule has 5 nitrogen and oxygen atoms in total. The predicted octanol–water partition coefficient (Wildman–Crippen LogP) is 3.12. The number of nitrogens with one attached hydrogen (secondary N) is 1. The van der Waals surface area contributed by atoms with Crippen LogP contribution in [-0.2, 0) is 21.2 Å². The molecule has 0 saturated heterocycles. The summed E-state index contributed by atoms with van der Waals surface area (Å²) >= 11 is 0. The normalized spacial score (nSPS) is 12.4. The Labute approximate surface area is 160 Å². The summed E-state index contributed by atoms with van der Waals surface area (Å²) in [5.74, 6) is -0.606. The molecule has 0 radical (unpaired) electrons. The van der Waals surface area contributed by atoms with Crippen molar-refractivity contribution in [3.63, 3.8) is 0 Å². The van der Waals surface area contributed by atoms with Crippen molar-refractivity contribution in [2.75, 3.05) is 17.1 Å². The highest BCUT2D eigenvalue weighted by molar-refractivity contribution is 7.92. The fraction of sp³-hybridized carbons (Fsp3) is 0.350. The van der Waals surface area contributed by atoms with Crippen LogP contribution in [0.5, 0.6) is 0 Å². The Morgan fingerprint density at radius 3 is 2.30 bits per heavy atom.